The molecule has 2 N–H and O–H groups in total. The normalized spacial score (nSPS) is 11.9. The third-order valence-electron chi connectivity index (χ3n) is 4.81. The summed E-state index contributed by atoms with van der Waals surface area (Å²) >= 11 is 1.18. The van der Waals surface area contributed by atoms with E-state index in [9.17, 15) is 14.4 Å². The van der Waals surface area contributed by atoms with Gasteiger partial charge in [0.2, 0.25) is 5.91 Å². The van der Waals surface area contributed by atoms with Crippen molar-refractivity contribution in [2.24, 2.45) is 0 Å². The fraction of sp³-hybridized carbons (Fsp3) is 0.333. The summed E-state index contributed by atoms with van der Waals surface area (Å²) in [6.07, 6.45) is 2.14. The molecule has 0 aliphatic rings. The van der Waals surface area contributed by atoms with Gasteiger partial charge >= 0.3 is 0 Å². The minimum atomic E-state index is -0.384. The van der Waals surface area contributed by atoms with E-state index in [0.29, 0.717) is 32.1 Å². The summed E-state index contributed by atoms with van der Waals surface area (Å²) in [5.41, 5.74) is 0.738. The van der Waals surface area contributed by atoms with E-state index in [1.165, 1.54) is 29.3 Å². The molecule has 2 aromatic heterocycles. The summed E-state index contributed by atoms with van der Waals surface area (Å²) in [4.78, 5) is 43.2. The van der Waals surface area contributed by atoms with Crippen molar-refractivity contribution in [1.29, 1.82) is 0 Å². The SMILES string of the molecule is CC[C@H](C)NC(=O)c1sc2ncn(CC(=O)Nc3ccccc3OC)c(=O)c2c1C. The average Bonchev–Trinajstić information content (AvgIpc) is 3.07. The standard InChI is InChI=1S/C21H24N4O4S/c1-5-12(2)23-19(27)18-13(3)17-20(30-18)22-11-25(21(17)28)10-16(26)24-14-8-6-7-9-15(14)29-4/h6-9,11-12H,5,10H2,1-4H3,(H,23,27)(H,24,26)/t12-/m0/s1. The Morgan fingerprint density at radius 1 is 1.30 bits per heavy atom. The molecule has 3 aromatic rings. The molecular formula is C21H24N4O4S. The first kappa shape index (κ1) is 21.5. The number of aryl methyl sites for hydroxylation is 1. The number of rotatable bonds is 7. The molecule has 2 heterocycles. The van der Waals surface area contributed by atoms with Gasteiger partial charge < -0.3 is 15.4 Å². The lowest BCUT2D eigenvalue weighted by Crippen LogP contribution is -2.31. The van der Waals surface area contributed by atoms with Crippen LogP contribution >= 0.6 is 11.3 Å². The van der Waals surface area contributed by atoms with Gasteiger partial charge in [0, 0.05) is 6.04 Å². The summed E-state index contributed by atoms with van der Waals surface area (Å²) in [7, 11) is 1.52. The number of carbonyl (C=O) groups is 2. The van der Waals surface area contributed by atoms with Gasteiger partial charge in [0.15, 0.2) is 0 Å². The van der Waals surface area contributed by atoms with Gasteiger partial charge in [-0.2, -0.15) is 0 Å². The fourth-order valence-electron chi connectivity index (χ4n) is 2.97. The van der Waals surface area contributed by atoms with E-state index >= 15 is 0 Å². The number of thiophene rings is 1. The molecule has 0 aliphatic carbocycles. The lowest BCUT2D eigenvalue weighted by atomic mass is 10.2. The van der Waals surface area contributed by atoms with E-state index in [4.69, 9.17) is 4.74 Å². The molecule has 1 aromatic carbocycles. The number of nitrogens with zero attached hydrogens (tertiary/aromatic N) is 2. The highest BCUT2D eigenvalue weighted by molar-refractivity contribution is 7.20. The van der Waals surface area contributed by atoms with Crippen molar-refractivity contribution in [1.82, 2.24) is 14.9 Å². The zero-order chi connectivity index (χ0) is 21.8. The number of anilines is 1. The van der Waals surface area contributed by atoms with Gasteiger partial charge in [0.1, 0.15) is 17.1 Å². The smallest absolute Gasteiger partial charge is 0.262 e. The van der Waals surface area contributed by atoms with E-state index in [1.54, 1.807) is 31.2 Å². The van der Waals surface area contributed by atoms with Crippen molar-refractivity contribution in [2.45, 2.75) is 39.8 Å². The fourth-order valence-corrected chi connectivity index (χ4v) is 4.01. The third-order valence-corrected chi connectivity index (χ3v) is 6.01. The highest BCUT2D eigenvalue weighted by atomic mass is 32.1. The molecule has 0 unspecified atom stereocenters. The number of ether oxygens (including phenoxy) is 1. The molecule has 0 fully saturated rings. The van der Waals surface area contributed by atoms with Crippen LogP contribution in [0.1, 0.15) is 35.5 Å². The van der Waals surface area contributed by atoms with Crippen LogP contribution in [0.15, 0.2) is 35.4 Å². The number of carbonyl (C=O) groups excluding carboxylic acids is 2. The zero-order valence-electron chi connectivity index (χ0n) is 17.3. The molecule has 0 spiro atoms. The second kappa shape index (κ2) is 9.08. The zero-order valence-corrected chi connectivity index (χ0v) is 18.1. The van der Waals surface area contributed by atoms with Gasteiger partial charge in [-0.3, -0.25) is 19.0 Å². The predicted molar refractivity (Wildman–Crippen MR) is 117 cm³/mol. The molecule has 0 bridgehead atoms. The van der Waals surface area contributed by atoms with Crippen LogP contribution in [0, 0.1) is 6.92 Å². The summed E-state index contributed by atoms with van der Waals surface area (Å²) in [6.45, 7) is 5.43. The monoisotopic (exact) mass is 428 g/mol. The molecule has 0 saturated heterocycles. The topological polar surface area (TPSA) is 102 Å². The summed E-state index contributed by atoms with van der Waals surface area (Å²) in [6, 6.07) is 7.05. The number of methoxy groups -OCH3 is 1. The number of aromatic nitrogens is 2. The Labute approximate surface area is 177 Å². The molecular weight excluding hydrogens is 404 g/mol. The first-order chi connectivity index (χ1) is 14.3. The van der Waals surface area contributed by atoms with Crippen LogP contribution in [-0.4, -0.2) is 34.5 Å². The molecule has 30 heavy (non-hydrogen) atoms. The maximum Gasteiger partial charge on any atom is 0.262 e. The Hall–Kier alpha value is -3.20. The van der Waals surface area contributed by atoms with Gasteiger partial charge in [-0.05, 0) is 38.0 Å². The average molecular weight is 429 g/mol. The van der Waals surface area contributed by atoms with Crippen molar-refractivity contribution in [3.8, 4) is 5.75 Å². The van der Waals surface area contributed by atoms with Crippen LogP contribution in [0.4, 0.5) is 5.69 Å². The van der Waals surface area contributed by atoms with E-state index < -0.39 is 0 Å². The van der Waals surface area contributed by atoms with E-state index in [-0.39, 0.29) is 30.0 Å². The molecule has 8 nitrogen and oxygen atoms in total. The number of para-hydroxylation sites is 2. The minimum absolute atomic E-state index is 0.0328. The Bertz CT molecular complexity index is 1150. The highest BCUT2D eigenvalue weighted by Crippen LogP contribution is 2.27. The van der Waals surface area contributed by atoms with E-state index in [1.807, 2.05) is 13.8 Å². The van der Waals surface area contributed by atoms with Gasteiger partial charge in [0.25, 0.3) is 11.5 Å². The van der Waals surface area contributed by atoms with Crippen molar-refractivity contribution in [3.63, 3.8) is 0 Å². The number of hydrogen-bond donors (Lipinski definition) is 2. The Balaban J connectivity index is 1.86. The molecule has 0 radical (unpaired) electrons. The van der Waals surface area contributed by atoms with Crippen molar-refractivity contribution >= 4 is 39.1 Å². The summed E-state index contributed by atoms with van der Waals surface area (Å²) in [5, 5.41) is 6.01. The van der Waals surface area contributed by atoms with Crippen LogP contribution in [-0.2, 0) is 11.3 Å². The summed E-state index contributed by atoms with van der Waals surface area (Å²) in [5.74, 6) is -0.0764. The van der Waals surface area contributed by atoms with Crippen LogP contribution in [0.2, 0.25) is 0 Å². The number of hydrogen-bond acceptors (Lipinski definition) is 6. The largest absolute Gasteiger partial charge is 0.495 e. The molecule has 0 saturated carbocycles. The third kappa shape index (κ3) is 4.35. The first-order valence-electron chi connectivity index (χ1n) is 9.58. The first-order valence-corrected chi connectivity index (χ1v) is 10.4. The van der Waals surface area contributed by atoms with Crippen molar-refractivity contribution in [2.75, 3.05) is 12.4 Å². The number of benzene rings is 1. The predicted octanol–water partition coefficient (Wildman–Crippen LogP) is 2.94. The van der Waals surface area contributed by atoms with Gasteiger partial charge in [0.05, 0.1) is 29.4 Å². The van der Waals surface area contributed by atoms with Crippen LogP contribution in [0.5, 0.6) is 5.75 Å². The Morgan fingerprint density at radius 2 is 2.03 bits per heavy atom. The molecule has 9 heteroatoms. The number of amides is 2. The minimum Gasteiger partial charge on any atom is -0.495 e. The van der Waals surface area contributed by atoms with Crippen LogP contribution in [0.3, 0.4) is 0 Å². The quantitative estimate of drug-likeness (QED) is 0.602. The molecule has 3 rings (SSSR count). The second-order valence-electron chi connectivity index (χ2n) is 6.95. The lowest BCUT2D eigenvalue weighted by molar-refractivity contribution is -0.116. The Kier molecular flexibility index (Phi) is 6.51. The van der Waals surface area contributed by atoms with E-state index in [0.717, 1.165) is 6.42 Å². The van der Waals surface area contributed by atoms with Gasteiger partial charge in [-0.25, -0.2) is 4.98 Å². The summed E-state index contributed by atoms with van der Waals surface area (Å²) < 4.78 is 6.46. The Morgan fingerprint density at radius 3 is 2.73 bits per heavy atom. The maximum absolute atomic E-state index is 13.0. The molecule has 2 amide bonds. The molecule has 0 aliphatic heterocycles. The van der Waals surface area contributed by atoms with Crippen LogP contribution < -0.4 is 20.9 Å². The second-order valence-corrected chi connectivity index (χ2v) is 7.94. The lowest BCUT2D eigenvalue weighted by Gasteiger charge is -2.11. The van der Waals surface area contributed by atoms with Crippen molar-refractivity contribution in [3.05, 3.63) is 51.4 Å². The maximum atomic E-state index is 13.0. The highest BCUT2D eigenvalue weighted by Gasteiger charge is 2.21. The molecule has 1 atom stereocenters. The van der Waals surface area contributed by atoms with Gasteiger partial charge in [-0.15, -0.1) is 11.3 Å². The van der Waals surface area contributed by atoms with E-state index in [2.05, 4.69) is 15.6 Å². The van der Waals surface area contributed by atoms with Crippen LogP contribution in [0.25, 0.3) is 10.2 Å². The number of nitrogens with one attached hydrogen (secondary N) is 2. The number of fused-ring (bicyclic) bond motifs is 1. The van der Waals surface area contributed by atoms with Gasteiger partial charge in [-0.1, -0.05) is 19.1 Å². The molecule has 158 valence electrons. The van der Waals surface area contributed by atoms with Crippen molar-refractivity contribution < 1.29 is 14.3 Å².